The van der Waals surface area contributed by atoms with E-state index in [1.165, 1.54) is 28.8 Å². The van der Waals surface area contributed by atoms with Gasteiger partial charge in [0.15, 0.2) is 4.32 Å². The standard InChI is InChI=1S/C15H11FN2OS2/c1-17-8-2-3-12(17)9-13-14(19)18(15(20)21-13)11-6-4-10(16)5-7-11/h2-9H,1H3/b13-9-. The Morgan fingerprint density at radius 1 is 1.24 bits per heavy atom. The maximum absolute atomic E-state index is 13.0. The summed E-state index contributed by atoms with van der Waals surface area (Å²) in [4.78, 5) is 14.5. The van der Waals surface area contributed by atoms with Crippen molar-refractivity contribution in [3.05, 3.63) is 59.0 Å². The van der Waals surface area contributed by atoms with Gasteiger partial charge in [-0.05, 0) is 42.5 Å². The van der Waals surface area contributed by atoms with Crippen molar-refractivity contribution in [3.63, 3.8) is 0 Å². The van der Waals surface area contributed by atoms with Crippen LogP contribution in [0.2, 0.25) is 0 Å². The van der Waals surface area contributed by atoms with Crippen LogP contribution in [0.1, 0.15) is 5.69 Å². The molecule has 1 fully saturated rings. The van der Waals surface area contributed by atoms with Crippen molar-refractivity contribution in [3.8, 4) is 0 Å². The van der Waals surface area contributed by atoms with Crippen LogP contribution in [0.3, 0.4) is 0 Å². The monoisotopic (exact) mass is 318 g/mol. The summed E-state index contributed by atoms with van der Waals surface area (Å²) in [5.41, 5.74) is 1.50. The zero-order valence-electron chi connectivity index (χ0n) is 11.1. The average Bonchev–Trinajstić information content (AvgIpc) is 2.97. The fourth-order valence-electron chi connectivity index (χ4n) is 2.04. The van der Waals surface area contributed by atoms with Gasteiger partial charge >= 0.3 is 0 Å². The third kappa shape index (κ3) is 2.64. The van der Waals surface area contributed by atoms with Crippen molar-refractivity contribution in [2.75, 3.05) is 4.90 Å². The summed E-state index contributed by atoms with van der Waals surface area (Å²) in [6, 6.07) is 9.55. The van der Waals surface area contributed by atoms with Gasteiger partial charge < -0.3 is 4.57 Å². The van der Waals surface area contributed by atoms with Gasteiger partial charge in [0.2, 0.25) is 0 Å². The Kier molecular flexibility index (Phi) is 3.65. The smallest absolute Gasteiger partial charge is 0.270 e. The number of halogens is 1. The van der Waals surface area contributed by atoms with Gasteiger partial charge in [-0.1, -0.05) is 24.0 Å². The van der Waals surface area contributed by atoms with E-state index >= 15 is 0 Å². The molecular weight excluding hydrogens is 307 g/mol. The van der Waals surface area contributed by atoms with Crippen molar-refractivity contribution >= 4 is 46.0 Å². The third-order valence-corrected chi connectivity index (χ3v) is 4.44. The number of aromatic nitrogens is 1. The lowest BCUT2D eigenvalue weighted by atomic mass is 10.2. The van der Waals surface area contributed by atoms with Crippen LogP contribution in [0.15, 0.2) is 47.5 Å². The molecule has 2 heterocycles. The van der Waals surface area contributed by atoms with Crippen LogP contribution < -0.4 is 4.90 Å². The highest BCUT2D eigenvalue weighted by Gasteiger charge is 2.33. The number of rotatable bonds is 2. The van der Waals surface area contributed by atoms with Gasteiger partial charge in [0.1, 0.15) is 5.82 Å². The van der Waals surface area contributed by atoms with E-state index in [-0.39, 0.29) is 11.7 Å². The Hall–Kier alpha value is -1.92. The predicted octanol–water partition coefficient (Wildman–Crippen LogP) is 3.57. The van der Waals surface area contributed by atoms with Crippen LogP contribution in [0.5, 0.6) is 0 Å². The molecule has 0 unspecified atom stereocenters. The number of thioether (sulfide) groups is 1. The van der Waals surface area contributed by atoms with E-state index in [9.17, 15) is 9.18 Å². The van der Waals surface area contributed by atoms with E-state index in [1.807, 2.05) is 36.0 Å². The Labute approximate surface area is 131 Å². The van der Waals surface area contributed by atoms with Gasteiger partial charge in [-0.15, -0.1) is 0 Å². The average molecular weight is 318 g/mol. The third-order valence-electron chi connectivity index (χ3n) is 3.14. The quantitative estimate of drug-likeness (QED) is 0.625. The molecule has 0 aliphatic carbocycles. The van der Waals surface area contributed by atoms with Crippen molar-refractivity contribution in [1.82, 2.24) is 4.57 Å². The normalized spacial score (nSPS) is 17.0. The number of carbonyl (C=O) groups is 1. The molecule has 1 amide bonds. The molecule has 0 radical (unpaired) electrons. The first-order valence-corrected chi connectivity index (χ1v) is 7.43. The minimum absolute atomic E-state index is 0.183. The molecule has 2 aromatic rings. The van der Waals surface area contributed by atoms with E-state index in [0.29, 0.717) is 14.9 Å². The van der Waals surface area contributed by atoms with Crippen molar-refractivity contribution in [2.24, 2.45) is 7.05 Å². The first-order chi connectivity index (χ1) is 10.1. The fraction of sp³-hybridized carbons (Fsp3) is 0.0667. The minimum Gasteiger partial charge on any atom is -0.351 e. The Morgan fingerprint density at radius 2 is 1.95 bits per heavy atom. The number of hydrogen-bond acceptors (Lipinski definition) is 3. The topological polar surface area (TPSA) is 25.2 Å². The zero-order valence-corrected chi connectivity index (χ0v) is 12.7. The van der Waals surface area contributed by atoms with E-state index in [1.54, 1.807) is 12.1 Å². The highest BCUT2D eigenvalue weighted by atomic mass is 32.2. The molecule has 3 nitrogen and oxygen atoms in total. The molecule has 106 valence electrons. The van der Waals surface area contributed by atoms with Crippen molar-refractivity contribution in [2.45, 2.75) is 0 Å². The maximum atomic E-state index is 13.0. The predicted molar refractivity (Wildman–Crippen MR) is 87.5 cm³/mol. The molecule has 6 heteroatoms. The van der Waals surface area contributed by atoms with Crippen LogP contribution in [0.4, 0.5) is 10.1 Å². The SMILES string of the molecule is Cn1cccc1/C=C1\SC(=S)N(c2ccc(F)cc2)C1=O. The lowest BCUT2D eigenvalue weighted by molar-refractivity contribution is -0.113. The Morgan fingerprint density at radius 3 is 2.57 bits per heavy atom. The number of nitrogens with zero attached hydrogens (tertiary/aromatic N) is 2. The summed E-state index contributed by atoms with van der Waals surface area (Å²) < 4.78 is 15.4. The van der Waals surface area contributed by atoms with E-state index < -0.39 is 0 Å². The number of anilines is 1. The highest BCUT2D eigenvalue weighted by molar-refractivity contribution is 8.27. The van der Waals surface area contributed by atoms with Gasteiger partial charge in [-0.25, -0.2) is 4.39 Å². The van der Waals surface area contributed by atoms with Crippen LogP contribution >= 0.6 is 24.0 Å². The lowest BCUT2D eigenvalue weighted by Crippen LogP contribution is -2.27. The van der Waals surface area contributed by atoms with Crippen LogP contribution in [0, 0.1) is 5.82 Å². The first-order valence-electron chi connectivity index (χ1n) is 6.21. The van der Waals surface area contributed by atoms with Crippen LogP contribution in [-0.4, -0.2) is 14.8 Å². The molecule has 0 N–H and O–H groups in total. The van der Waals surface area contributed by atoms with E-state index in [2.05, 4.69) is 0 Å². The molecule has 1 saturated heterocycles. The fourth-order valence-corrected chi connectivity index (χ4v) is 3.32. The summed E-state index contributed by atoms with van der Waals surface area (Å²) in [6.07, 6.45) is 3.72. The number of thiocarbonyl (C=S) groups is 1. The van der Waals surface area contributed by atoms with Crippen LogP contribution in [0.25, 0.3) is 6.08 Å². The van der Waals surface area contributed by atoms with E-state index in [0.717, 1.165) is 5.69 Å². The molecule has 1 aromatic carbocycles. The zero-order chi connectivity index (χ0) is 15.0. The van der Waals surface area contributed by atoms with Gasteiger partial charge in [0.25, 0.3) is 5.91 Å². The molecular formula is C15H11FN2OS2. The summed E-state index contributed by atoms with van der Waals surface area (Å²) in [7, 11) is 1.91. The molecule has 1 aliphatic heterocycles. The number of hydrogen-bond donors (Lipinski definition) is 0. The highest BCUT2D eigenvalue weighted by Crippen LogP contribution is 2.35. The molecule has 1 aliphatic rings. The summed E-state index contributed by atoms with van der Waals surface area (Å²) in [6.45, 7) is 0. The van der Waals surface area contributed by atoms with Crippen LogP contribution in [-0.2, 0) is 11.8 Å². The first kappa shape index (κ1) is 14.0. The number of benzene rings is 1. The Balaban J connectivity index is 1.94. The summed E-state index contributed by atoms with van der Waals surface area (Å²) in [5, 5.41) is 0. The number of carbonyl (C=O) groups excluding carboxylic acids is 1. The number of aryl methyl sites for hydroxylation is 1. The second kappa shape index (κ2) is 5.46. The molecule has 1 aromatic heterocycles. The largest absolute Gasteiger partial charge is 0.351 e. The molecule has 0 spiro atoms. The second-order valence-corrected chi connectivity index (χ2v) is 6.21. The second-order valence-electron chi connectivity index (χ2n) is 4.54. The summed E-state index contributed by atoms with van der Waals surface area (Å²) in [5.74, 6) is -0.527. The molecule has 0 bridgehead atoms. The van der Waals surface area contributed by atoms with Crippen molar-refractivity contribution < 1.29 is 9.18 Å². The molecule has 21 heavy (non-hydrogen) atoms. The Bertz CT molecular complexity index is 749. The van der Waals surface area contributed by atoms with Gasteiger partial charge in [0.05, 0.1) is 10.6 Å². The number of amides is 1. The van der Waals surface area contributed by atoms with Gasteiger partial charge in [-0.2, -0.15) is 0 Å². The maximum Gasteiger partial charge on any atom is 0.270 e. The van der Waals surface area contributed by atoms with Gasteiger partial charge in [0, 0.05) is 18.9 Å². The molecule has 0 saturated carbocycles. The molecule has 3 rings (SSSR count). The minimum atomic E-state index is -0.344. The van der Waals surface area contributed by atoms with Gasteiger partial charge in [-0.3, -0.25) is 9.69 Å². The molecule has 0 atom stereocenters. The lowest BCUT2D eigenvalue weighted by Gasteiger charge is -2.14. The summed E-state index contributed by atoms with van der Waals surface area (Å²) >= 11 is 6.51. The van der Waals surface area contributed by atoms with E-state index in [4.69, 9.17) is 12.2 Å². The van der Waals surface area contributed by atoms with Crippen molar-refractivity contribution in [1.29, 1.82) is 0 Å².